The van der Waals surface area contributed by atoms with E-state index in [9.17, 15) is 20.1 Å². The number of hydrogen-bond acceptors (Lipinski definition) is 5. The number of carbonyl (C=O) groups is 1. The van der Waals surface area contributed by atoms with Crippen molar-refractivity contribution < 1.29 is 24.9 Å². The van der Waals surface area contributed by atoms with Crippen molar-refractivity contribution in [1.29, 1.82) is 0 Å². The van der Waals surface area contributed by atoms with Crippen LogP contribution in [-0.2, 0) is 30.4 Å². The number of benzene rings is 2. The van der Waals surface area contributed by atoms with Crippen LogP contribution in [0.15, 0.2) is 47.6 Å². The molecule has 2 rings (SSSR count). The Hall–Kier alpha value is -3.21. The first kappa shape index (κ1) is 24.1. The van der Waals surface area contributed by atoms with Crippen molar-refractivity contribution in [2.75, 3.05) is 7.11 Å². The highest BCUT2D eigenvalue weighted by Gasteiger charge is 2.27. The van der Waals surface area contributed by atoms with E-state index in [1.54, 1.807) is 12.1 Å². The number of hydrogen-bond donors (Lipinski definition) is 3. The molecule has 0 spiro atoms. The van der Waals surface area contributed by atoms with Gasteiger partial charge in [-0.1, -0.05) is 35.4 Å². The molecular formula is C26H32O5. The van der Waals surface area contributed by atoms with Crippen molar-refractivity contribution in [2.24, 2.45) is 0 Å². The van der Waals surface area contributed by atoms with Gasteiger partial charge in [0.25, 0.3) is 0 Å². The van der Waals surface area contributed by atoms with E-state index in [-0.39, 0.29) is 22.8 Å². The van der Waals surface area contributed by atoms with Crippen LogP contribution in [0.3, 0.4) is 0 Å². The summed E-state index contributed by atoms with van der Waals surface area (Å²) >= 11 is 0. The number of phenols is 3. The highest BCUT2D eigenvalue weighted by atomic mass is 16.5. The zero-order valence-corrected chi connectivity index (χ0v) is 19.0. The van der Waals surface area contributed by atoms with Crippen LogP contribution in [0.1, 0.15) is 60.3 Å². The highest BCUT2D eigenvalue weighted by Crippen LogP contribution is 2.40. The summed E-state index contributed by atoms with van der Waals surface area (Å²) in [4.78, 5) is 12.7. The molecule has 0 aliphatic rings. The van der Waals surface area contributed by atoms with Gasteiger partial charge in [-0.25, -0.2) is 4.79 Å². The quantitative estimate of drug-likeness (QED) is 0.390. The summed E-state index contributed by atoms with van der Waals surface area (Å²) in [5, 5.41) is 31.6. The van der Waals surface area contributed by atoms with Crippen molar-refractivity contribution >= 4 is 5.97 Å². The van der Waals surface area contributed by atoms with Crippen LogP contribution in [0.5, 0.6) is 17.2 Å². The van der Waals surface area contributed by atoms with Crippen LogP contribution >= 0.6 is 0 Å². The number of carbonyl (C=O) groups excluding carboxylic acids is 1. The Kier molecular flexibility index (Phi) is 8.31. The molecule has 0 aromatic heterocycles. The minimum Gasteiger partial charge on any atom is -0.508 e. The third-order valence-electron chi connectivity index (χ3n) is 5.18. The Morgan fingerprint density at radius 1 is 0.806 bits per heavy atom. The van der Waals surface area contributed by atoms with E-state index in [1.807, 2.05) is 52.0 Å². The SMILES string of the molecule is COC(=O)c1c(O)c(CC=C(C)C)c(O)c(CC=C(C)C)c1CCc1ccc(O)cc1. The van der Waals surface area contributed by atoms with Gasteiger partial charge in [-0.05, 0) is 76.6 Å². The molecule has 5 nitrogen and oxygen atoms in total. The van der Waals surface area contributed by atoms with Gasteiger partial charge in [0.05, 0.1) is 7.11 Å². The number of ether oxygens (including phenoxy) is 1. The van der Waals surface area contributed by atoms with Crippen LogP contribution in [-0.4, -0.2) is 28.4 Å². The van der Waals surface area contributed by atoms with Crippen molar-refractivity contribution in [2.45, 2.75) is 53.4 Å². The number of esters is 1. The van der Waals surface area contributed by atoms with Gasteiger partial charge in [-0.2, -0.15) is 0 Å². The molecule has 0 saturated carbocycles. The molecule has 0 atom stereocenters. The third-order valence-corrected chi connectivity index (χ3v) is 5.18. The predicted octanol–water partition coefficient (Wildman–Crippen LogP) is 5.39. The van der Waals surface area contributed by atoms with E-state index < -0.39 is 5.97 Å². The third kappa shape index (κ3) is 6.14. The Bertz CT molecular complexity index is 990. The Morgan fingerprint density at radius 2 is 1.35 bits per heavy atom. The maximum atomic E-state index is 12.7. The monoisotopic (exact) mass is 424 g/mol. The second-order valence-corrected chi connectivity index (χ2v) is 8.14. The number of phenolic OH excluding ortho intramolecular Hbond substituents is 3. The Morgan fingerprint density at radius 3 is 1.87 bits per heavy atom. The van der Waals surface area contributed by atoms with Crippen molar-refractivity contribution in [3.63, 3.8) is 0 Å². The topological polar surface area (TPSA) is 87.0 Å². The molecule has 0 amide bonds. The van der Waals surface area contributed by atoms with Gasteiger partial charge in [0.2, 0.25) is 0 Å². The number of aromatic hydroxyl groups is 3. The lowest BCUT2D eigenvalue weighted by Gasteiger charge is -2.20. The van der Waals surface area contributed by atoms with Gasteiger partial charge in [0.1, 0.15) is 22.8 Å². The van der Waals surface area contributed by atoms with E-state index in [4.69, 9.17) is 4.74 Å². The van der Waals surface area contributed by atoms with Gasteiger partial charge >= 0.3 is 5.97 Å². The molecule has 0 bridgehead atoms. The standard InChI is InChI=1S/C26H32O5/c1-16(2)6-13-21-20(15-10-18-8-11-19(27)12-9-18)23(26(30)31-5)25(29)22(24(21)28)14-7-17(3)4/h6-9,11-12,27-29H,10,13-15H2,1-5H3. The van der Waals surface area contributed by atoms with Gasteiger partial charge in [0, 0.05) is 11.1 Å². The fourth-order valence-corrected chi connectivity index (χ4v) is 3.44. The number of allylic oxidation sites excluding steroid dienone is 4. The molecule has 0 saturated heterocycles. The maximum Gasteiger partial charge on any atom is 0.341 e. The second-order valence-electron chi connectivity index (χ2n) is 8.14. The van der Waals surface area contributed by atoms with Crippen molar-refractivity contribution in [3.05, 3.63) is 75.4 Å². The molecule has 31 heavy (non-hydrogen) atoms. The maximum absolute atomic E-state index is 12.7. The van der Waals surface area contributed by atoms with E-state index in [2.05, 4.69) is 0 Å². The molecule has 0 heterocycles. The molecule has 2 aromatic rings. The molecule has 0 aliphatic heterocycles. The first-order valence-corrected chi connectivity index (χ1v) is 10.4. The summed E-state index contributed by atoms with van der Waals surface area (Å²) in [6.45, 7) is 7.81. The summed E-state index contributed by atoms with van der Waals surface area (Å²) in [5.41, 5.74) is 4.72. The lowest BCUT2D eigenvalue weighted by atomic mass is 9.88. The van der Waals surface area contributed by atoms with Gasteiger partial charge in [0.15, 0.2) is 0 Å². The average Bonchev–Trinajstić information content (AvgIpc) is 2.71. The van der Waals surface area contributed by atoms with E-state index >= 15 is 0 Å². The van der Waals surface area contributed by atoms with Crippen LogP contribution in [0.2, 0.25) is 0 Å². The number of rotatable bonds is 8. The highest BCUT2D eigenvalue weighted by molar-refractivity contribution is 5.96. The number of methoxy groups -OCH3 is 1. The van der Waals surface area contributed by atoms with Gasteiger partial charge in [-0.3, -0.25) is 0 Å². The Balaban J connectivity index is 2.66. The zero-order valence-electron chi connectivity index (χ0n) is 19.0. The van der Waals surface area contributed by atoms with E-state index in [0.29, 0.717) is 42.4 Å². The second kappa shape index (κ2) is 10.7. The van der Waals surface area contributed by atoms with Gasteiger partial charge < -0.3 is 20.1 Å². The minimum atomic E-state index is -0.630. The van der Waals surface area contributed by atoms with E-state index in [0.717, 1.165) is 16.7 Å². The smallest absolute Gasteiger partial charge is 0.341 e. The largest absolute Gasteiger partial charge is 0.508 e. The average molecular weight is 425 g/mol. The first-order chi connectivity index (χ1) is 14.6. The summed E-state index contributed by atoms with van der Waals surface area (Å²) in [6, 6.07) is 6.84. The van der Waals surface area contributed by atoms with Crippen molar-refractivity contribution in [1.82, 2.24) is 0 Å². The minimum absolute atomic E-state index is 0.0147. The molecule has 3 N–H and O–H groups in total. The lowest BCUT2D eigenvalue weighted by Crippen LogP contribution is -2.12. The molecule has 2 aromatic carbocycles. The molecule has 5 heteroatoms. The Labute approximate surface area is 184 Å². The van der Waals surface area contributed by atoms with E-state index in [1.165, 1.54) is 7.11 Å². The fourth-order valence-electron chi connectivity index (χ4n) is 3.44. The summed E-state index contributed by atoms with van der Waals surface area (Å²) in [6.07, 6.45) is 5.62. The van der Waals surface area contributed by atoms with Crippen LogP contribution in [0, 0.1) is 0 Å². The van der Waals surface area contributed by atoms with Gasteiger partial charge in [-0.15, -0.1) is 0 Å². The van der Waals surface area contributed by atoms with Crippen molar-refractivity contribution in [3.8, 4) is 17.2 Å². The first-order valence-electron chi connectivity index (χ1n) is 10.4. The summed E-state index contributed by atoms with van der Waals surface area (Å²) < 4.78 is 4.98. The van der Waals surface area contributed by atoms with Crippen LogP contribution in [0.25, 0.3) is 0 Å². The normalized spacial score (nSPS) is 10.5. The summed E-state index contributed by atoms with van der Waals surface area (Å²) in [7, 11) is 1.28. The molecule has 0 unspecified atom stereocenters. The zero-order chi connectivity index (χ0) is 23.1. The molecule has 0 radical (unpaired) electrons. The molecule has 166 valence electrons. The molecule has 0 aliphatic carbocycles. The molecular weight excluding hydrogens is 392 g/mol. The van der Waals surface area contributed by atoms with Crippen LogP contribution in [0.4, 0.5) is 0 Å². The lowest BCUT2D eigenvalue weighted by molar-refractivity contribution is 0.0595. The predicted molar refractivity (Wildman–Crippen MR) is 123 cm³/mol. The fraction of sp³-hybridized carbons (Fsp3) is 0.346. The molecule has 0 fully saturated rings. The number of aryl methyl sites for hydroxylation is 1. The van der Waals surface area contributed by atoms with Crippen LogP contribution < -0.4 is 0 Å². The summed E-state index contributed by atoms with van der Waals surface area (Å²) in [5.74, 6) is -0.665.